The molecular formula is C14H21NO2. The van der Waals surface area contributed by atoms with Crippen molar-refractivity contribution in [3.05, 3.63) is 29.3 Å². The second-order valence-corrected chi connectivity index (χ2v) is 5.47. The predicted octanol–water partition coefficient (Wildman–Crippen LogP) is 3.13. The zero-order chi connectivity index (χ0) is 13.2. The smallest absolute Gasteiger partial charge is 0.340 e. The van der Waals surface area contributed by atoms with Crippen molar-refractivity contribution in [2.45, 2.75) is 46.1 Å². The molecule has 0 saturated heterocycles. The van der Waals surface area contributed by atoms with Crippen molar-refractivity contribution < 1.29 is 9.53 Å². The molecule has 3 nitrogen and oxygen atoms in total. The van der Waals surface area contributed by atoms with E-state index in [0.717, 1.165) is 5.56 Å². The number of carbonyl (C=O) groups excluding carboxylic acids is 1. The predicted molar refractivity (Wildman–Crippen MR) is 70.1 cm³/mol. The van der Waals surface area contributed by atoms with Crippen molar-refractivity contribution in [3.63, 3.8) is 0 Å². The minimum Gasteiger partial charge on any atom is -0.459 e. The topological polar surface area (TPSA) is 52.3 Å². The van der Waals surface area contributed by atoms with Gasteiger partial charge < -0.3 is 10.5 Å². The van der Waals surface area contributed by atoms with E-state index in [0.29, 0.717) is 11.3 Å². The molecule has 0 aliphatic heterocycles. The number of ether oxygens (including phenoxy) is 1. The molecule has 0 aliphatic carbocycles. The highest BCUT2D eigenvalue weighted by Gasteiger charge is 2.21. The van der Waals surface area contributed by atoms with Crippen LogP contribution in [0.5, 0.6) is 0 Å². The molecule has 0 fully saturated rings. The number of anilines is 1. The average molecular weight is 235 g/mol. The molecule has 0 radical (unpaired) electrons. The summed E-state index contributed by atoms with van der Waals surface area (Å²) in [6.07, 6.45) is -0.139. The van der Waals surface area contributed by atoms with Gasteiger partial charge in [0.1, 0.15) is 0 Å². The third kappa shape index (κ3) is 3.22. The van der Waals surface area contributed by atoms with E-state index < -0.39 is 0 Å². The van der Waals surface area contributed by atoms with E-state index in [4.69, 9.17) is 10.5 Å². The van der Waals surface area contributed by atoms with Crippen LogP contribution >= 0.6 is 0 Å². The van der Waals surface area contributed by atoms with Gasteiger partial charge in [-0.3, -0.25) is 0 Å². The normalized spacial score (nSPS) is 11.6. The largest absolute Gasteiger partial charge is 0.459 e. The van der Waals surface area contributed by atoms with Crippen molar-refractivity contribution in [2.75, 3.05) is 5.73 Å². The molecule has 0 amide bonds. The summed E-state index contributed by atoms with van der Waals surface area (Å²) in [6.45, 7) is 9.84. The lowest BCUT2D eigenvalue weighted by Crippen LogP contribution is -2.18. The SMILES string of the molecule is CC(C)OC(=O)c1cccc(C(C)(C)C)c1N. The molecule has 1 aromatic carbocycles. The molecule has 0 bridgehead atoms. The highest BCUT2D eigenvalue weighted by Crippen LogP contribution is 2.30. The molecule has 0 unspecified atom stereocenters. The summed E-state index contributed by atoms with van der Waals surface area (Å²) >= 11 is 0. The fraction of sp³-hybridized carbons (Fsp3) is 0.500. The molecule has 0 heterocycles. The van der Waals surface area contributed by atoms with Gasteiger partial charge in [0, 0.05) is 5.69 Å². The van der Waals surface area contributed by atoms with Gasteiger partial charge in [0.2, 0.25) is 0 Å². The van der Waals surface area contributed by atoms with Gasteiger partial charge in [-0.25, -0.2) is 4.79 Å². The number of hydrogen-bond donors (Lipinski definition) is 1. The Balaban J connectivity index is 3.15. The van der Waals surface area contributed by atoms with Gasteiger partial charge in [-0.05, 0) is 30.9 Å². The summed E-state index contributed by atoms with van der Waals surface area (Å²) < 4.78 is 5.17. The van der Waals surface area contributed by atoms with Crippen LogP contribution in [-0.4, -0.2) is 12.1 Å². The van der Waals surface area contributed by atoms with Crippen LogP contribution in [0.25, 0.3) is 0 Å². The van der Waals surface area contributed by atoms with Crippen molar-refractivity contribution >= 4 is 11.7 Å². The number of carbonyl (C=O) groups is 1. The summed E-state index contributed by atoms with van der Waals surface area (Å²) in [5, 5.41) is 0. The monoisotopic (exact) mass is 235 g/mol. The first-order valence-electron chi connectivity index (χ1n) is 5.83. The minimum atomic E-state index is -0.358. The fourth-order valence-electron chi connectivity index (χ4n) is 1.67. The van der Waals surface area contributed by atoms with Gasteiger partial charge in [-0.2, -0.15) is 0 Å². The van der Waals surface area contributed by atoms with Gasteiger partial charge >= 0.3 is 5.97 Å². The second kappa shape index (κ2) is 4.78. The molecule has 17 heavy (non-hydrogen) atoms. The Morgan fingerprint density at radius 3 is 2.35 bits per heavy atom. The van der Waals surface area contributed by atoms with Crippen LogP contribution < -0.4 is 5.73 Å². The number of para-hydroxylation sites is 1. The summed E-state index contributed by atoms with van der Waals surface area (Å²) in [6, 6.07) is 5.49. The summed E-state index contributed by atoms with van der Waals surface area (Å²) in [7, 11) is 0. The lowest BCUT2D eigenvalue weighted by Gasteiger charge is -2.22. The highest BCUT2D eigenvalue weighted by atomic mass is 16.5. The fourth-order valence-corrected chi connectivity index (χ4v) is 1.67. The van der Waals surface area contributed by atoms with Crippen molar-refractivity contribution in [2.24, 2.45) is 0 Å². The van der Waals surface area contributed by atoms with E-state index in [-0.39, 0.29) is 17.5 Å². The third-order valence-electron chi connectivity index (χ3n) is 2.48. The molecule has 0 aliphatic rings. The van der Waals surface area contributed by atoms with Gasteiger partial charge in [0.15, 0.2) is 0 Å². The molecule has 0 saturated carbocycles. The van der Waals surface area contributed by atoms with E-state index in [2.05, 4.69) is 20.8 Å². The Kier molecular flexibility index (Phi) is 3.81. The van der Waals surface area contributed by atoms with E-state index >= 15 is 0 Å². The quantitative estimate of drug-likeness (QED) is 0.633. The first kappa shape index (κ1) is 13.6. The van der Waals surface area contributed by atoms with E-state index in [1.54, 1.807) is 6.07 Å². The Labute approximate surface area is 103 Å². The molecular weight excluding hydrogens is 214 g/mol. The number of hydrogen-bond acceptors (Lipinski definition) is 3. The maximum atomic E-state index is 11.9. The Hall–Kier alpha value is -1.51. The van der Waals surface area contributed by atoms with Crippen molar-refractivity contribution in [1.82, 2.24) is 0 Å². The number of nitrogens with two attached hydrogens (primary N) is 1. The van der Waals surface area contributed by atoms with Crippen LogP contribution in [0.2, 0.25) is 0 Å². The summed E-state index contributed by atoms with van der Waals surface area (Å²) in [5.74, 6) is -0.358. The summed E-state index contributed by atoms with van der Waals surface area (Å²) in [4.78, 5) is 11.9. The molecule has 94 valence electrons. The van der Waals surface area contributed by atoms with Crippen LogP contribution in [0, 0.1) is 0 Å². The minimum absolute atomic E-state index is 0.0851. The Bertz CT molecular complexity index is 417. The van der Waals surface area contributed by atoms with Gasteiger partial charge in [0.25, 0.3) is 0 Å². The first-order valence-corrected chi connectivity index (χ1v) is 5.83. The van der Waals surface area contributed by atoms with Gasteiger partial charge in [-0.1, -0.05) is 32.9 Å². The first-order chi connectivity index (χ1) is 7.73. The highest BCUT2D eigenvalue weighted by molar-refractivity contribution is 5.96. The number of rotatable bonds is 2. The van der Waals surface area contributed by atoms with Crippen LogP contribution in [0.3, 0.4) is 0 Å². The van der Waals surface area contributed by atoms with Gasteiger partial charge in [-0.15, -0.1) is 0 Å². The number of esters is 1. The molecule has 1 rings (SSSR count). The Morgan fingerprint density at radius 1 is 1.29 bits per heavy atom. The number of benzene rings is 1. The average Bonchev–Trinajstić information content (AvgIpc) is 2.14. The van der Waals surface area contributed by atoms with E-state index in [1.165, 1.54) is 0 Å². The molecule has 0 aromatic heterocycles. The van der Waals surface area contributed by atoms with Crippen LogP contribution in [0.15, 0.2) is 18.2 Å². The van der Waals surface area contributed by atoms with E-state index in [1.807, 2.05) is 26.0 Å². The molecule has 0 atom stereocenters. The molecule has 2 N–H and O–H groups in total. The standard InChI is InChI=1S/C14H21NO2/c1-9(2)17-13(16)10-7-6-8-11(12(10)15)14(3,4)5/h6-9H,15H2,1-5H3. The second-order valence-electron chi connectivity index (χ2n) is 5.47. The maximum absolute atomic E-state index is 11.9. The van der Waals surface area contributed by atoms with Crippen molar-refractivity contribution in [3.8, 4) is 0 Å². The maximum Gasteiger partial charge on any atom is 0.340 e. The van der Waals surface area contributed by atoms with Crippen LogP contribution in [-0.2, 0) is 10.2 Å². The van der Waals surface area contributed by atoms with Gasteiger partial charge in [0.05, 0.1) is 11.7 Å². The zero-order valence-corrected chi connectivity index (χ0v) is 11.2. The molecule has 0 spiro atoms. The molecule has 1 aromatic rings. The Morgan fingerprint density at radius 2 is 1.88 bits per heavy atom. The van der Waals surface area contributed by atoms with E-state index in [9.17, 15) is 4.79 Å². The lowest BCUT2D eigenvalue weighted by atomic mass is 9.84. The van der Waals surface area contributed by atoms with Crippen LogP contribution in [0.1, 0.15) is 50.5 Å². The summed E-state index contributed by atoms with van der Waals surface area (Å²) in [5.41, 5.74) is 7.90. The zero-order valence-electron chi connectivity index (χ0n) is 11.2. The number of nitrogen functional groups attached to an aromatic ring is 1. The molecule has 3 heteroatoms. The lowest BCUT2D eigenvalue weighted by molar-refractivity contribution is 0.0379. The van der Waals surface area contributed by atoms with Crippen LogP contribution in [0.4, 0.5) is 5.69 Å². The van der Waals surface area contributed by atoms with Crippen molar-refractivity contribution in [1.29, 1.82) is 0 Å². The third-order valence-corrected chi connectivity index (χ3v) is 2.48.